The van der Waals surface area contributed by atoms with E-state index in [9.17, 15) is 0 Å². The molecule has 18 heavy (non-hydrogen) atoms. The fourth-order valence-corrected chi connectivity index (χ4v) is 2.14. The van der Waals surface area contributed by atoms with Crippen molar-refractivity contribution < 1.29 is 0 Å². The lowest BCUT2D eigenvalue weighted by Gasteiger charge is -2.00. The first-order valence-electron chi connectivity index (χ1n) is 5.54. The van der Waals surface area contributed by atoms with Gasteiger partial charge in [0.15, 0.2) is 5.65 Å². The lowest BCUT2D eigenvalue weighted by molar-refractivity contribution is 0.942. The molecule has 2 aromatic heterocycles. The van der Waals surface area contributed by atoms with Crippen molar-refractivity contribution in [2.24, 2.45) is 0 Å². The molecule has 0 spiro atoms. The van der Waals surface area contributed by atoms with E-state index < -0.39 is 0 Å². The minimum Gasteiger partial charge on any atom is -0.396 e. The number of hydrogen-bond donors (Lipinski definition) is 1. The van der Waals surface area contributed by atoms with Crippen LogP contribution in [0.25, 0.3) is 5.65 Å². The Kier molecular flexibility index (Phi) is 2.64. The number of aromatic nitrogens is 3. The van der Waals surface area contributed by atoms with Crippen LogP contribution in [0.1, 0.15) is 11.1 Å². The van der Waals surface area contributed by atoms with Gasteiger partial charge in [0, 0.05) is 17.0 Å². The molecular formula is C13H11ClN4. The van der Waals surface area contributed by atoms with Gasteiger partial charge in [-0.25, -0.2) is 9.50 Å². The summed E-state index contributed by atoms with van der Waals surface area (Å²) in [5, 5.41) is 4.98. The molecule has 2 N–H and O–H groups in total. The van der Waals surface area contributed by atoms with E-state index in [0.717, 1.165) is 28.2 Å². The molecule has 0 fully saturated rings. The summed E-state index contributed by atoms with van der Waals surface area (Å²) in [6, 6.07) is 7.78. The standard InChI is InChI=1S/C13H11ClN4/c14-11-3-1-2-9(5-11)4-10-6-17-18-8-12(15)7-16-13(10)18/h1-3,5-8H,4,15H2. The third-order valence-electron chi connectivity index (χ3n) is 2.73. The van der Waals surface area contributed by atoms with Gasteiger partial charge in [-0.3, -0.25) is 0 Å². The monoisotopic (exact) mass is 258 g/mol. The van der Waals surface area contributed by atoms with Gasteiger partial charge in [0.2, 0.25) is 0 Å². The van der Waals surface area contributed by atoms with E-state index in [-0.39, 0.29) is 0 Å². The van der Waals surface area contributed by atoms with Gasteiger partial charge < -0.3 is 5.73 Å². The van der Waals surface area contributed by atoms with Gasteiger partial charge in [0.05, 0.1) is 24.3 Å². The average Bonchev–Trinajstić information content (AvgIpc) is 2.72. The van der Waals surface area contributed by atoms with Gasteiger partial charge in [-0.15, -0.1) is 0 Å². The zero-order chi connectivity index (χ0) is 12.5. The van der Waals surface area contributed by atoms with Crippen LogP contribution in [0.3, 0.4) is 0 Å². The number of fused-ring (bicyclic) bond motifs is 1. The van der Waals surface area contributed by atoms with Crippen LogP contribution in [-0.2, 0) is 6.42 Å². The van der Waals surface area contributed by atoms with Crippen LogP contribution in [0.2, 0.25) is 5.02 Å². The van der Waals surface area contributed by atoms with Crippen LogP contribution in [0, 0.1) is 0 Å². The highest BCUT2D eigenvalue weighted by molar-refractivity contribution is 6.30. The molecule has 3 aromatic rings. The molecule has 5 heteroatoms. The Morgan fingerprint density at radius 1 is 1.28 bits per heavy atom. The summed E-state index contributed by atoms with van der Waals surface area (Å²) in [6.07, 6.45) is 5.95. The molecule has 90 valence electrons. The number of nitrogens with two attached hydrogens (primary N) is 1. The average molecular weight is 259 g/mol. The SMILES string of the molecule is Nc1cnc2c(Cc3cccc(Cl)c3)cnn2c1. The van der Waals surface area contributed by atoms with E-state index in [2.05, 4.69) is 10.1 Å². The molecule has 0 saturated carbocycles. The van der Waals surface area contributed by atoms with Crippen molar-refractivity contribution >= 4 is 22.9 Å². The lowest BCUT2D eigenvalue weighted by Crippen LogP contribution is -1.95. The highest BCUT2D eigenvalue weighted by Crippen LogP contribution is 2.17. The second kappa shape index (κ2) is 4.31. The molecular weight excluding hydrogens is 248 g/mol. The third-order valence-corrected chi connectivity index (χ3v) is 2.97. The van der Waals surface area contributed by atoms with Gasteiger partial charge in [-0.2, -0.15) is 5.10 Å². The maximum atomic E-state index is 5.97. The second-order valence-corrected chi connectivity index (χ2v) is 4.57. The third kappa shape index (κ3) is 2.02. The zero-order valence-corrected chi connectivity index (χ0v) is 10.3. The summed E-state index contributed by atoms with van der Waals surface area (Å²) in [6.45, 7) is 0. The Labute approximate surface area is 109 Å². The summed E-state index contributed by atoms with van der Waals surface area (Å²) in [5.41, 5.74) is 9.27. The van der Waals surface area contributed by atoms with Crippen molar-refractivity contribution in [1.82, 2.24) is 14.6 Å². The van der Waals surface area contributed by atoms with Gasteiger partial charge in [0.25, 0.3) is 0 Å². The minimum absolute atomic E-state index is 0.597. The maximum absolute atomic E-state index is 5.97. The first-order chi connectivity index (χ1) is 8.72. The molecule has 0 bridgehead atoms. The number of benzene rings is 1. The minimum atomic E-state index is 0.597. The molecule has 0 radical (unpaired) electrons. The maximum Gasteiger partial charge on any atom is 0.158 e. The van der Waals surface area contributed by atoms with Crippen LogP contribution in [-0.4, -0.2) is 14.6 Å². The first kappa shape index (κ1) is 11.0. The van der Waals surface area contributed by atoms with Crippen LogP contribution >= 0.6 is 11.6 Å². The molecule has 0 saturated heterocycles. The number of nitrogen functional groups attached to an aromatic ring is 1. The molecule has 1 aromatic carbocycles. The van der Waals surface area contributed by atoms with E-state index in [1.807, 2.05) is 30.5 Å². The fraction of sp³-hybridized carbons (Fsp3) is 0.0769. The van der Waals surface area contributed by atoms with Crippen LogP contribution in [0.5, 0.6) is 0 Å². The quantitative estimate of drug-likeness (QED) is 0.769. The molecule has 4 nitrogen and oxygen atoms in total. The Morgan fingerprint density at radius 2 is 2.17 bits per heavy atom. The van der Waals surface area contributed by atoms with E-state index in [0.29, 0.717) is 5.69 Å². The highest BCUT2D eigenvalue weighted by atomic mass is 35.5. The van der Waals surface area contributed by atoms with Crippen molar-refractivity contribution in [1.29, 1.82) is 0 Å². The largest absolute Gasteiger partial charge is 0.396 e. The normalized spacial score (nSPS) is 10.9. The Bertz CT molecular complexity index is 705. The predicted octanol–water partition coefficient (Wildman–Crippen LogP) is 2.56. The lowest BCUT2D eigenvalue weighted by atomic mass is 10.1. The molecule has 0 aliphatic carbocycles. The number of halogens is 1. The van der Waals surface area contributed by atoms with Gasteiger partial charge >= 0.3 is 0 Å². The van der Waals surface area contributed by atoms with Crippen molar-refractivity contribution in [3.05, 3.63) is 59.0 Å². The van der Waals surface area contributed by atoms with Crippen LogP contribution < -0.4 is 5.73 Å². The van der Waals surface area contributed by atoms with Crippen molar-refractivity contribution in [2.75, 3.05) is 5.73 Å². The summed E-state index contributed by atoms with van der Waals surface area (Å²) < 4.78 is 1.69. The first-order valence-corrected chi connectivity index (χ1v) is 5.92. The van der Waals surface area contributed by atoms with E-state index in [4.69, 9.17) is 17.3 Å². The molecule has 0 unspecified atom stereocenters. The van der Waals surface area contributed by atoms with Gasteiger partial charge in [-0.05, 0) is 17.7 Å². The topological polar surface area (TPSA) is 56.2 Å². The summed E-state index contributed by atoms with van der Waals surface area (Å²) >= 11 is 5.97. The number of rotatable bonds is 2. The smallest absolute Gasteiger partial charge is 0.158 e. The van der Waals surface area contributed by atoms with Crippen LogP contribution in [0.4, 0.5) is 5.69 Å². The van der Waals surface area contributed by atoms with Crippen LogP contribution in [0.15, 0.2) is 42.9 Å². The Morgan fingerprint density at radius 3 is 3.00 bits per heavy atom. The Balaban J connectivity index is 2.00. The Hall–Kier alpha value is -2.07. The number of anilines is 1. The molecule has 3 rings (SSSR count). The van der Waals surface area contributed by atoms with Gasteiger partial charge in [0.1, 0.15) is 0 Å². The van der Waals surface area contributed by atoms with Crippen molar-refractivity contribution in [2.45, 2.75) is 6.42 Å². The summed E-state index contributed by atoms with van der Waals surface area (Å²) in [4.78, 5) is 4.30. The van der Waals surface area contributed by atoms with E-state index in [1.165, 1.54) is 0 Å². The molecule has 0 aliphatic heterocycles. The number of hydrogen-bond acceptors (Lipinski definition) is 3. The van der Waals surface area contributed by atoms with E-state index in [1.54, 1.807) is 16.9 Å². The van der Waals surface area contributed by atoms with E-state index >= 15 is 0 Å². The predicted molar refractivity (Wildman–Crippen MR) is 71.7 cm³/mol. The highest BCUT2D eigenvalue weighted by Gasteiger charge is 2.06. The summed E-state index contributed by atoms with van der Waals surface area (Å²) in [5.74, 6) is 0. The fourth-order valence-electron chi connectivity index (χ4n) is 1.93. The molecule has 2 heterocycles. The summed E-state index contributed by atoms with van der Waals surface area (Å²) in [7, 11) is 0. The van der Waals surface area contributed by atoms with Gasteiger partial charge in [-0.1, -0.05) is 23.7 Å². The van der Waals surface area contributed by atoms with Crippen molar-refractivity contribution in [3.63, 3.8) is 0 Å². The second-order valence-electron chi connectivity index (χ2n) is 4.13. The number of nitrogens with zero attached hydrogens (tertiary/aromatic N) is 3. The molecule has 0 atom stereocenters. The molecule has 0 amide bonds. The molecule has 0 aliphatic rings. The van der Waals surface area contributed by atoms with Crippen molar-refractivity contribution in [3.8, 4) is 0 Å². The zero-order valence-electron chi connectivity index (χ0n) is 9.55.